The van der Waals surface area contributed by atoms with Crippen LogP contribution in [0.2, 0.25) is 0 Å². The molecule has 0 aliphatic carbocycles. The van der Waals surface area contributed by atoms with Gasteiger partial charge >= 0.3 is 0 Å². The van der Waals surface area contributed by atoms with Crippen LogP contribution in [-0.4, -0.2) is 9.78 Å². The van der Waals surface area contributed by atoms with Crippen molar-refractivity contribution in [2.75, 3.05) is 0 Å². The van der Waals surface area contributed by atoms with Crippen LogP contribution in [0.4, 0.5) is 0 Å². The average Bonchev–Trinajstić information content (AvgIpc) is 2.44. The summed E-state index contributed by atoms with van der Waals surface area (Å²) in [5, 5.41) is 5.20. The number of alkyl halides is 1. The maximum Gasteiger partial charge on any atom is 0.0533 e. The maximum atomic E-state index is 4.25. The lowest BCUT2D eigenvalue weighted by molar-refractivity contribution is 0.656. The fourth-order valence-corrected chi connectivity index (χ4v) is 1.91. The smallest absolute Gasteiger partial charge is 0.0533 e. The molecule has 1 aliphatic rings. The molecule has 0 saturated carbocycles. The zero-order chi connectivity index (χ0) is 6.97. The monoisotopic (exact) mass is 200 g/mol. The number of hydrogen-bond acceptors (Lipinski definition) is 1. The van der Waals surface area contributed by atoms with Gasteiger partial charge in [0.25, 0.3) is 0 Å². The zero-order valence-corrected chi connectivity index (χ0v) is 7.26. The molecule has 0 saturated heterocycles. The molecule has 2 rings (SSSR count). The first-order valence-electron chi connectivity index (χ1n) is 3.51. The molecule has 2 nitrogen and oxygen atoms in total. The van der Waals surface area contributed by atoms with Crippen LogP contribution in [-0.2, 0) is 18.3 Å². The van der Waals surface area contributed by atoms with Crippen molar-refractivity contribution in [3.8, 4) is 0 Å². The van der Waals surface area contributed by atoms with Gasteiger partial charge in [-0.1, -0.05) is 15.9 Å². The fraction of sp³-hybridized carbons (Fsp3) is 0.571. The summed E-state index contributed by atoms with van der Waals surface area (Å²) in [6, 6.07) is 0. The normalized spacial score (nSPS) is 15.7. The molecule has 1 aromatic rings. The molecule has 2 heterocycles. The van der Waals surface area contributed by atoms with E-state index in [1.807, 2.05) is 6.20 Å². The SMILES string of the molecule is BrCc1cnn2c1CCC2. The molecule has 1 aliphatic heterocycles. The third-order valence-corrected chi connectivity index (χ3v) is 2.57. The molecule has 10 heavy (non-hydrogen) atoms. The first-order valence-corrected chi connectivity index (χ1v) is 4.63. The Bertz CT molecular complexity index is 242. The van der Waals surface area contributed by atoms with E-state index >= 15 is 0 Å². The highest BCUT2D eigenvalue weighted by atomic mass is 79.9. The molecule has 3 heteroatoms. The molecule has 54 valence electrons. The van der Waals surface area contributed by atoms with E-state index in [9.17, 15) is 0 Å². The minimum absolute atomic E-state index is 0.947. The van der Waals surface area contributed by atoms with Crippen molar-refractivity contribution in [1.82, 2.24) is 9.78 Å². The van der Waals surface area contributed by atoms with E-state index in [1.165, 1.54) is 24.1 Å². The van der Waals surface area contributed by atoms with Crippen LogP contribution in [0.15, 0.2) is 6.20 Å². The van der Waals surface area contributed by atoms with Crippen molar-refractivity contribution >= 4 is 15.9 Å². The topological polar surface area (TPSA) is 17.8 Å². The van der Waals surface area contributed by atoms with Crippen molar-refractivity contribution in [3.05, 3.63) is 17.5 Å². The lowest BCUT2D eigenvalue weighted by Gasteiger charge is -1.92. The van der Waals surface area contributed by atoms with Gasteiger partial charge in [-0.05, 0) is 12.8 Å². The summed E-state index contributed by atoms with van der Waals surface area (Å²) in [6.45, 7) is 1.11. The number of rotatable bonds is 1. The molecule has 0 atom stereocenters. The number of halogens is 1. The Morgan fingerprint density at radius 3 is 3.40 bits per heavy atom. The highest BCUT2D eigenvalue weighted by Gasteiger charge is 2.14. The van der Waals surface area contributed by atoms with Crippen molar-refractivity contribution in [2.45, 2.75) is 24.7 Å². The van der Waals surface area contributed by atoms with E-state index in [2.05, 4.69) is 25.7 Å². The van der Waals surface area contributed by atoms with Crippen LogP contribution < -0.4 is 0 Å². The lowest BCUT2D eigenvalue weighted by Crippen LogP contribution is -1.93. The highest BCUT2D eigenvalue weighted by Crippen LogP contribution is 2.19. The van der Waals surface area contributed by atoms with Gasteiger partial charge in [-0.3, -0.25) is 4.68 Å². The molecule has 1 aromatic heterocycles. The summed E-state index contributed by atoms with van der Waals surface area (Å²) < 4.78 is 2.11. The third-order valence-electron chi connectivity index (χ3n) is 1.96. The van der Waals surface area contributed by atoms with Crippen LogP contribution >= 0.6 is 15.9 Å². The van der Waals surface area contributed by atoms with Gasteiger partial charge in [-0.2, -0.15) is 5.10 Å². The Kier molecular flexibility index (Phi) is 1.52. The van der Waals surface area contributed by atoms with E-state index in [0.717, 1.165) is 11.9 Å². The molecule has 0 N–H and O–H groups in total. The van der Waals surface area contributed by atoms with E-state index < -0.39 is 0 Å². The zero-order valence-electron chi connectivity index (χ0n) is 5.68. The summed E-state index contributed by atoms with van der Waals surface area (Å²) in [5.74, 6) is 0. The van der Waals surface area contributed by atoms with Crippen molar-refractivity contribution < 1.29 is 0 Å². The average molecular weight is 201 g/mol. The summed E-state index contributed by atoms with van der Waals surface area (Å²) in [5.41, 5.74) is 2.79. The third kappa shape index (κ3) is 0.804. The Morgan fingerprint density at radius 2 is 2.60 bits per heavy atom. The lowest BCUT2D eigenvalue weighted by atomic mass is 10.2. The first-order chi connectivity index (χ1) is 4.92. The Balaban J connectivity index is 2.44. The van der Waals surface area contributed by atoms with Crippen LogP contribution in [0, 0.1) is 0 Å². The molecule has 0 amide bonds. The second-order valence-electron chi connectivity index (χ2n) is 2.58. The summed E-state index contributed by atoms with van der Waals surface area (Å²) in [6.07, 6.45) is 4.44. The minimum Gasteiger partial charge on any atom is -0.269 e. The van der Waals surface area contributed by atoms with Crippen LogP contribution in [0.5, 0.6) is 0 Å². The van der Waals surface area contributed by atoms with Gasteiger partial charge in [0.05, 0.1) is 6.20 Å². The van der Waals surface area contributed by atoms with Crippen LogP contribution in [0.25, 0.3) is 0 Å². The molecule has 0 spiro atoms. The number of hydrogen-bond donors (Lipinski definition) is 0. The minimum atomic E-state index is 0.947. The van der Waals surface area contributed by atoms with Crippen molar-refractivity contribution in [3.63, 3.8) is 0 Å². The van der Waals surface area contributed by atoms with Crippen LogP contribution in [0.3, 0.4) is 0 Å². The van der Waals surface area contributed by atoms with E-state index in [4.69, 9.17) is 0 Å². The number of aryl methyl sites for hydroxylation is 1. The Hall–Kier alpha value is -0.310. The largest absolute Gasteiger partial charge is 0.269 e. The van der Waals surface area contributed by atoms with Gasteiger partial charge in [-0.25, -0.2) is 0 Å². The second kappa shape index (κ2) is 2.38. The Morgan fingerprint density at radius 1 is 1.70 bits per heavy atom. The predicted octanol–water partition coefficient (Wildman–Crippen LogP) is 1.72. The van der Waals surface area contributed by atoms with Crippen molar-refractivity contribution in [1.29, 1.82) is 0 Å². The van der Waals surface area contributed by atoms with Crippen LogP contribution in [0.1, 0.15) is 17.7 Å². The van der Waals surface area contributed by atoms with Gasteiger partial charge in [0.15, 0.2) is 0 Å². The molecular formula is C7H9BrN2. The Labute approximate surface area is 68.4 Å². The summed E-state index contributed by atoms with van der Waals surface area (Å²) in [4.78, 5) is 0. The van der Waals surface area contributed by atoms with Gasteiger partial charge in [0.2, 0.25) is 0 Å². The molecule has 0 fully saturated rings. The van der Waals surface area contributed by atoms with Gasteiger partial charge in [-0.15, -0.1) is 0 Å². The molecule has 0 radical (unpaired) electrons. The van der Waals surface area contributed by atoms with Crippen molar-refractivity contribution in [2.24, 2.45) is 0 Å². The highest BCUT2D eigenvalue weighted by molar-refractivity contribution is 9.08. The van der Waals surface area contributed by atoms with Gasteiger partial charge < -0.3 is 0 Å². The van der Waals surface area contributed by atoms with Gasteiger partial charge in [0.1, 0.15) is 0 Å². The fourth-order valence-electron chi connectivity index (χ4n) is 1.44. The van der Waals surface area contributed by atoms with E-state index in [1.54, 1.807) is 0 Å². The summed E-state index contributed by atoms with van der Waals surface area (Å²) in [7, 11) is 0. The first kappa shape index (κ1) is 6.40. The summed E-state index contributed by atoms with van der Waals surface area (Å²) >= 11 is 3.44. The second-order valence-corrected chi connectivity index (χ2v) is 3.14. The van der Waals surface area contributed by atoms with E-state index in [0.29, 0.717) is 0 Å². The number of nitrogens with zero attached hydrogens (tertiary/aromatic N) is 2. The number of aromatic nitrogens is 2. The molecule has 0 bridgehead atoms. The molecule has 0 unspecified atom stereocenters. The van der Waals surface area contributed by atoms with Gasteiger partial charge in [0, 0.05) is 23.1 Å². The predicted molar refractivity (Wildman–Crippen MR) is 43.2 cm³/mol. The standard InChI is InChI=1S/C7H9BrN2/c8-4-6-5-9-10-3-1-2-7(6)10/h5H,1-4H2. The van der Waals surface area contributed by atoms with E-state index in [-0.39, 0.29) is 0 Å². The maximum absolute atomic E-state index is 4.25. The molecule has 0 aromatic carbocycles. The number of fused-ring (bicyclic) bond motifs is 1. The molecular weight excluding hydrogens is 192 g/mol. The quantitative estimate of drug-likeness (QED) is 0.632.